The van der Waals surface area contributed by atoms with Gasteiger partial charge in [-0.3, -0.25) is 9.59 Å². The van der Waals surface area contributed by atoms with E-state index in [0.717, 1.165) is 0 Å². The van der Waals surface area contributed by atoms with Crippen LogP contribution in [0.15, 0.2) is 25.0 Å². The van der Waals surface area contributed by atoms with E-state index in [2.05, 4.69) is 40.9 Å². The largest absolute Gasteiger partial charge is 0.473 e. The summed E-state index contributed by atoms with van der Waals surface area (Å²) in [4.78, 5) is 25.4. The summed E-state index contributed by atoms with van der Waals surface area (Å²) in [6.07, 6.45) is 2.44. The highest BCUT2D eigenvalue weighted by Gasteiger charge is 2.41. The van der Waals surface area contributed by atoms with E-state index in [1.807, 2.05) is 0 Å². The maximum atomic E-state index is 12.3. The van der Waals surface area contributed by atoms with Gasteiger partial charge in [0.15, 0.2) is 6.73 Å². The van der Waals surface area contributed by atoms with Crippen molar-refractivity contribution in [3.05, 3.63) is 25.0 Å². The van der Waals surface area contributed by atoms with E-state index in [9.17, 15) is 9.59 Å². The molecule has 1 heterocycles. The average molecular weight is 279 g/mol. The van der Waals surface area contributed by atoms with Crippen LogP contribution in [0.1, 0.15) is 40.5 Å². The first kappa shape index (κ1) is 16.5. The van der Waals surface area contributed by atoms with Crippen molar-refractivity contribution in [3.8, 4) is 0 Å². The number of ether oxygens (including phenoxy) is 1. The Morgan fingerprint density at radius 1 is 1.50 bits per heavy atom. The number of amides is 2. The Morgan fingerprint density at radius 2 is 2.10 bits per heavy atom. The van der Waals surface area contributed by atoms with Crippen LogP contribution >= 0.6 is 0 Å². The number of rotatable bonds is 7. The van der Waals surface area contributed by atoms with E-state index in [1.54, 1.807) is 0 Å². The van der Waals surface area contributed by atoms with Crippen LogP contribution in [-0.2, 0) is 14.3 Å². The van der Waals surface area contributed by atoms with Crippen LogP contribution in [-0.4, -0.2) is 23.4 Å². The predicted molar refractivity (Wildman–Crippen MR) is 78.5 cm³/mol. The molecule has 1 fully saturated rings. The number of nitrogens with zero attached hydrogens (tertiary/aromatic N) is 1. The molecule has 4 nitrogen and oxygen atoms in total. The minimum Gasteiger partial charge on any atom is -0.473 e. The van der Waals surface area contributed by atoms with Gasteiger partial charge in [-0.05, 0) is 23.8 Å². The normalized spacial score (nSPS) is 19.6. The van der Waals surface area contributed by atoms with Gasteiger partial charge >= 0.3 is 0 Å². The first-order chi connectivity index (χ1) is 9.19. The fourth-order valence-electron chi connectivity index (χ4n) is 2.12. The molecule has 2 amide bonds. The van der Waals surface area contributed by atoms with Crippen LogP contribution < -0.4 is 0 Å². The highest BCUT2D eigenvalue weighted by atomic mass is 16.5. The molecule has 0 radical (unpaired) electrons. The van der Waals surface area contributed by atoms with Gasteiger partial charge in [0, 0.05) is 12.3 Å². The van der Waals surface area contributed by atoms with Gasteiger partial charge in [-0.25, -0.2) is 4.90 Å². The number of allylic oxidation sites excluding steroid dienone is 1. The Balaban J connectivity index is 2.67. The fourth-order valence-corrected chi connectivity index (χ4v) is 2.12. The van der Waals surface area contributed by atoms with Crippen molar-refractivity contribution in [1.29, 1.82) is 0 Å². The van der Waals surface area contributed by atoms with Crippen molar-refractivity contribution in [1.82, 2.24) is 4.90 Å². The quantitative estimate of drug-likeness (QED) is 0.409. The van der Waals surface area contributed by atoms with Crippen molar-refractivity contribution in [2.45, 2.75) is 40.5 Å². The molecule has 0 saturated carbocycles. The summed E-state index contributed by atoms with van der Waals surface area (Å²) in [7, 11) is 0. The summed E-state index contributed by atoms with van der Waals surface area (Å²) in [5.74, 6) is 0.269. The number of carbonyl (C=O) groups excluding carboxylic acids is 2. The number of likely N-dealkylation sites (tertiary alicyclic amines) is 1. The Bertz CT molecular complexity index is 423. The van der Waals surface area contributed by atoms with Gasteiger partial charge in [-0.15, -0.1) is 0 Å². The second-order valence-electron chi connectivity index (χ2n) is 6.35. The van der Waals surface area contributed by atoms with Gasteiger partial charge < -0.3 is 4.74 Å². The number of imide groups is 1. The molecule has 1 atom stereocenters. The lowest BCUT2D eigenvalue weighted by molar-refractivity contribution is -0.144. The lowest BCUT2D eigenvalue weighted by Gasteiger charge is -2.31. The van der Waals surface area contributed by atoms with Crippen molar-refractivity contribution in [3.63, 3.8) is 0 Å². The van der Waals surface area contributed by atoms with Gasteiger partial charge in [-0.2, -0.15) is 0 Å². The molecule has 112 valence electrons. The number of hydrogen-bond donors (Lipinski definition) is 0. The minimum absolute atomic E-state index is 0.0299. The maximum Gasteiger partial charge on any atom is 0.235 e. The maximum absolute atomic E-state index is 12.3. The molecule has 0 spiro atoms. The third-order valence-electron chi connectivity index (χ3n) is 4.28. The zero-order chi connectivity index (χ0) is 15.5. The molecule has 1 unspecified atom stereocenters. The van der Waals surface area contributed by atoms with Gasteiger partial charge in [0.2, 0.25) is 11.8 Å². The van der Waals surface area contributed by atoms with Gasteiger partial charge in [0.05, 0.1) is 0 Å². The second-order valence-corrected chi connectivity index (χ2v) is 6.35. The molecule has 1 aliphatic rings. The first-order valence-electron chi connectivity index (χ1n) is 6.97. The van der Waals surface area contributed by atoms with Crippen molar-refractivity contribution in [2.75, 3.05) is 6.73 Å². The highest BCUT2D eigenvalue weighted by molar-refractivity contribution is 6.03. The van der Waals surface area contributed by atoms with Crippen LogP contribution in [0.3, 0.4) is 0 Å². The van der Waals surface area contributed by atoms with Crippen molar-refractivity contribution in [2.24, 2.45) is 17.3 Å². The topological polar surface area (TPSA) is 46.6 Å². The Kier molecular flexibility index (Phi) is 5.15. The number of hydrogen-bond acceptors (Lipinski definition) is 3. The van der Waals surface area contributed by atoms with E-state index in [4.69, 9.17) is 4.74 Å². The highest BCUT2D eigenvalue weighted by Crippen LogP contribution is 2.37. The lowest BCUT2D eigenvalue weighted by Crippen LogP contribution is -2.34. The predicted octanol–water partition coefficient (Wildman–Crippen LogP) is 3.11. The SMILES string of the molecule is C=CC(=C)OCN1C(=O)CC(CC(C)(C)C(C)C)C1=O. The molecule has 1 aliphatic heterocycles. The van der Waals surface area contributed by atoms with E-state index in [-0.39, 0.29) is 36.3 Å². The van der Waals surface area contributed by atoms with Gasteiger partial charge in [0.1, 0.15) is 5.76 Å². The summed E-state index contributed by atoms with van der Waals surface area (Å²) in [5.41, 5.74) is 0.0299. The molecule has 4 heteroatoms. The van der Waals surface area contributed by atoms with Crippen LogP contribution in [0.4, 0.5) is 0 Å². The molecule has 1 saturated heterocycles. The van der Waals surface area contributed by atoms with Gasteiger partial charge in [0.25, 0.3) is 0 Å². The molecule has 0 aromatic carbocycles. The van der Waals surface area contributed by atoms with E-state index < -0.39 is 0 Å². The third-order valence-corrected chi connectivity index (χ3v) is 4.28. The third kappa shape index (κ3) is 3.71. The Labute approximate surface area is 121 Å². The monoisotopic (exact) mass is 279 g/mol. The summed E-state index contributed by atoms with van der Waals surface area (Å²) >= 11 is 0. The van der Waals surface area contributed by atoms with Crippen molar-refractivity contribution >= 4 is 11.8 Å². The smallest absolute Gasteiger partial charge is 0.235 e. The lowest BCUT2D eigenvalue weighted by atomic mass is 9.74. The molecule has 0 N–H and O–H groups in total. The summed E-state index contributed by atoms with van der Waals surface area (Å²) in [6, 6.07) is 0. The zero-order valence-corrected chi connectivity index (χ0v) is 12.9. The van der Waals surface area contributed by atoms with E-state index in [0.29, 0.717) is 18.1 Å². The second kappa shape index (κ2) is 6.25. The summed E-state index contributed by atoms with van der Waals surface area (Å²) < 4.78 is 5.21. The standard InChI is InChI=1S/C16H25NO3/c1-7-12(4)20-10-17-14(18)8-13(15(17)19)9-16(5,6)11(2)3/h7,11,13H,1,4,8-10H2,2-3,5-6H3. The average Bonchev–Trinajstić information content (AvgIpc) is 2.61. The fraction of sp³-hybridized carbons (Fsp3) is 0.625. The summed E-state index contributed by atoms with van der Waals surface area (Å²) in [5, 5.41) is 0. The molecule has 20 heavy (non-hydrogen) atoms. The molecule has 0 aromatic heterocycles. The molecular formula is C16H25NO3. The van der Waals surface area contributed by atoms with Crippen LogP contribution in [0, 0.1) is 17.3 Å². The van der Waals surface area contributed by atoms with Crippen LogP contribution in [0.25, 0.3) is 0 Å². The molecule has 0 aromatic rings. The van der Waals surface area contributed by atoms with Crippen molar-refractivity contribution < 1.29 is 14.3 Å². The summed E-state index contributed by atoms with van der Waals surface area (Å²) in [6.45, 7) is 15.6. The van der Waals surface area contributed by atoms with Gasteiger partial charge in [-0.1, -0.05) is 40.9 Å². The molecular weight excluding hydrogens is 254 g/mol. The van der Waals surface area contributed by atoms with Crippen LogP contribution in [0.2, 0.25) is 0 Å². The zero-order valence-electron chi connectivity index (χ0n) is 12.9. The first-order valence-corrected chi connectivity index (χ1v) is 6.97. The Morgan fingerprint density at radius 3 is 2.60 bits per heavy atom. The molecule has 0 aliphatic carbocycles. The van der Waals surface area contributed by atoms with Crippen LogP contribution in [0.5, 0.6) is 0 Å². The molecule has 1 rings (SSSR count). The van der Waals surface area contributed by atoms with E-state index in [1.165, 1.54) is 11.0 Å². The van der Waals surface area contributed by atoms with E-state index >= 15 is 0 Å². The number of carbonyl (C=O) groups is 2. The minimum atomic E-state index is -0.236. The molecule has 0 bridgehead atoms. The Hall–Kier alpha value is -1.58.